The van der Waals surface area contributed by atoms with E-state index in [4.69, 9.17) is 19.1 Å². The Morgan fingerprint density at radius 3 is 1.93 bits per heavy atom. The molecule has 0 saturated heterocycles. The molecular formula is C46H79O13P. The molecule has 0 aliphatic heterocycles. The molecule has 6 N–H and O–H groups in total. The van der Waals surface area contributed by atoms with Crippen LogP contribution >= 0.6 is 7.82 Å². The van der Waals surface area contributed by atoms with E-state index in [0.717, 1.165) is 38.5 Å². The minimum absolute atomic E-state index is 0.00566. The Kier molecular flexibility index (Phi) is 33.4. The van der Waals surface area contributed by atoms with E-state index in [-0.39, 0.29) is 31.1 Å². The standard InChI is InChI=1S/C46H79O13P/c1-3-5-7-8-9-10-11-12-13-14-15-16-17-18-19-20-25-29-45(52)56-36-40(37-58-60(54,55)57-35-39(49)34-47)59-46(53)30-26-22-21-24-28-41-42(44(51)33-43(41)50)32-31-38(48)27-23-6-4-2/h12-13,15-16,18-19,21,24,31-32,38-44,47-51H,3-11,14,17,20,22-23,25-30,33-37H2,1-2H3,(H,54,55)/b13-12-,16-15-,19-18-,24-21+,32-31+/t38-,39-,40+,41+,42+,43-,44+/m0/s1. The van der Waals surface area contributed by atoms with E-state index in [1.165, 1.54) is 38.5 Å². The SMILES string of the molecule is CCCCCCCC/C=C\C/C=C\C/C=C\CCCC(=O)OC[C@H](COP(=O)(O)OC[C@@H](O)CO)OC(=O)CCC/C=C/C[C@@H]1[C@@H](/C=C/[C@@H](O)CCCCC)[C@H](O)C[C@@H]1O. The highest BCUT2D eigenvalue weighted by Crippen LogP contribution is 2.43. The Morgan fingerprint density at radius 1 is 0.700 bits per heavy atom. The molecule has 60 heavy (non-hydrogen) atoms. The lowest BCUT2D eigenvalue weighted by molar-refractivity contribution is -0.161. The summed E-state index contributed by atoms with van der Waals surface area (Å²) in [7, 11) is -4.70. The highest BCUT2D eigenvalue weighted by atomic mass is 31.2. The first-order valence-electron chi connectivity index (χ1n) is 22.5. The van der Waals surface area contributed by atoms with Gasteiger partial charge in [0.2, 0.25) is 0 Å². The number of esters is 2. The van der Waals surface area contributed by atoms with Crippen molar-refractivity contribution in [1.82, 2.24) is 0 Å². The van der Waals surface area contributed by atoms with Gasteiger partial charge in [-0.3, -0.25) is 18.6 Å². The highest BCUT2D eigenvalue weighted by molar-refractivity contribution is 7.47. The van der Waals surface area contributed by atoms with Crippen LogP contribution in [0.2, 0.25) is 0 Å². The van der Waals surface area contributed by atoms with Gasteiger partial charge in [-0.15, -0.1) is 0 Å². The van der Waals surface area contributed by atoms with E-state index in [1.807, 2.05) is 30.4 Å². The molecule has 13 nitrogen and oxygen atoms in total. The molecule has 0 aromatic heterocycles. The number of aliphatic hydroxyl groups is 5. The second-order valence-corrected chi connectivity index (χ2v) is 17.1. The lowest BCUT2D eigenvalue weighted by Crippen LogP contribution is -2.29. The summed E-state index contributed by atoms with van der Waals surface area (Å²) < 4.78 is 32.6. The molecule has 1 fully saturated rings. The minimum Gasteiger partial charge on any atom is -0.462 e. The molecule has 8 atom stereocenters. The Balaban J connectivity index is 2.51. The zero-order chi connectivity index (χ0) is 44.3. The van der Waals surface area contributed by atoms with Gasteiger partial charge in [-0.1, -0.05) is 126 Å². The van der Waals surface area contributed by atoms with E-state index in [1.54, 1.807) is 6.08 Å². The van der Waals surface area contributed by atoms with E-state index in [2.05, 4.69) is 42.7 Å². The molecule has 0 spiro atoms. The van der Waals surface area contributed by atoms with E-state index >= 15 is 0 Å². The monoisotopic (exact) mass is 871 g/mol. The van der Waals surface area contributed by atoms with Crippen molar-refractivity contribution in [3.63, 3.8) is 0 Å². The lowest BCUT2D eigenvalue weighted by Gasteiger charge is -2.20. The van der Waals surface area contributed by atoms with E-state index < -0.39 is 76.7 Å². The molecule has 14 heteroatoms. The van der Waals surface area contributed by atoms with Crippen molar-refractivity contribution in [1.29, 1.82) is 0 Å². The number of phosphoric acid groups is 1. The van der Waals surface area contributed by atoms with E-state index in [9.17, 15) is 39.5 Å². The number of unbranched alkanes of at least 4 members (excludes halogenated alkanes) is 10. The van der Waals surface area contributed by atoms with Crippen LogP contribution in [0.3, 0.4) is 0 Å². The van der Waals surface area contributed by atoms with Gasteiger partial charge in [-0.05, 0) is 70.1 Å². The second-order valence-electron chi connectivity index (χ2n) is 15.7. The Bertz CT molecular complexity index is 1300. The van der Waals surface area contributed by atoms with Crippen LogP contribution in [0.4, 0.5) is 0 Å². The van der Waals surface area contributed by atoms with Gasteiger partial charge in [-0.25, -0.2) is 4.57 Å². The Hall–Kier alpha value is -2.45. The van der Waals surface area contributed by atoms with Crippen molar-refractivity contribution >= 4 is 19.8 Å². The molecule has 1 aliphatic rings. The molecular weight excluding hydrogens is 791 g/mol. The van der Waals surface area contributed by atoms with Gasteiger partial charge >= 0.3 is 19.8 Å². The summed E-state index contributed by atoms with van der Waals surface area (Å²) in [5.41, 5.74) is 0. The molecule has 0 aromatic rings. The molecule has 1 unspecified atom stereocenters. The van der Waals surface area contributed by atoms with Crippen molar-refractivity contribution in [2.45, 2.75) is 179 Å². The molecule has 0 amide bonds. The summed E-state index contributed by atoms with van der Waals surface area (Å²) in [4.78, 5) is 35.2. The van der Waals surface area contributed by atoms with Gasteiger partial charge in [0.15, 0.2) is 6.10 Å². The van der Waals surface area contributed by atoms with Crippen LogP contribution in [-0.4, -0.2) is 99.3 Å². The van der Waals surface area contributed by atoms with Crippen LogP contribution in [0.25, 0.3) is 0 Å². The number of allylic oxidation sites excluding steroid dienone is 8. The summed E-state index contributed by atoms with van der Waals surface area (Å²) in [6.45, 7) is 1.92. The van der Waals surface area contributed by atoms with Crippen molar-refractivity contribution in [2.24, 2.45) is 11.8 Å². The predicted molar refractivity (Wildman–Crippen MR) is 235 cm³/mol. The van der Waals surface area contributed by atoms with Crippen molar-refractivity contribution in [2.75, 3.05) is 26.4 Å². The fourth-order valence-electron chi connectivity index (χ4n) is 6.65. The molecule has 0 radical (unpaired) electrons. The molecule has 1 saturated carbocycles. The van der Waals surface area contributed by atoms with E-state index in [0.29, 0.717) is 38.5 Å². The van der Waals surface area contributed by atoms with Gasteiger partial charge in [0.05, 0.1) is 38.1 Å². The topological polar surface area (TPSA) is 210 Å². The molecule has 1 rings (SSSR count). The molecule has 0 heterocycles. The average molecular weight is 871 g/mol. The first-order chi connectivity index (χ1) is 28.9. The van der Waals surface area contributed by atoms with Crippen LogP contribution in [0, 0.1) is 11.8 Å². The van der Waals surface area contributed by atoms with Gasteiger partial charge in [0.25, 0.3) is 0 Å². The number of hydrogen-bond donors (Lipinski definition) is 6. The smallest absolute Gasteiger partial charge is 0.462 e. The number of hydrogen-bond acceptors (Lipinski definition) is 12. The first kappa shape index (κ1) is 55.6. The second kappa shape index (κ2) is 36.1. The van der Waals surface area contributed by atoms with Crippen LogP contribution in [-0.2, 0) is 32.7 Å². The summed E-state index contributed by atoms with van der Waals surface area (Å²) in [5.74, 6) is -1.65. The maximum Gasteiger partial charge on any atom is 0.472 e. The quantitative estimate of drug-likeness (QED) is 0.0151. The number of phosphoric ester groups is 1. The van der Waals surface area contributed by atoms with Gasteiger partial charge in [0, 0.05) is 25.2 Å². The average Bonchev–Trinajstić information content (AvgIpc) is 3.49. The molecule has 0 aromatic carbocycles. The summed E-state index contributed by atoms with van der Waals surface area (Å²) in [5, 5.41) is 49.7. The lowest BCUT2D eigenvalue weighted by atomic mass is 9.89. The maximum absolute atomic E-state index is 12.7. The number of ether oxygens (including phenoxy) is 2. The first-order valence-corrected chi connectivity index (χ1v) is 24.0. The number of aliphatic hydroxyl groups excluding tert-OH is 5. The predicted octanol–water partition coefficient (Wildman–Crippen LogP) is 8.27. The molecule has 0 bridgehead atoms. The summed E-state index contributed by atoms with van der Waals surface area (Å²) in [6.07, 6.45) is 32.9. The van der Waals surface area contributed by atoms with Gasteiger partial charge < -0.3 is 39.9 Å². The number of carbonyl (C=O) groups is 2. The fourth-order valence-corrected chi connectivity index (χ4v) is 7.44. The Morgan fingerprint density at radius 2 is 1.27 bits per heavy atom. The van der Waals surface area contributed by atoms with Gasteiger partial charge in [-0.2, -0.15) is 0 Å². The van der Waals surface area contributed by atoms with Gasteiger partial charge in [0.1, 0.15) is 12.7 Å². The highest BCUT2D eigenvalue weighted by Gasteiger charge is 2.39. The largest absolute Gasteiger partial charge is 0.472 e. The van der Waals surface area contributed by atoms with Crippen LogP contribution in [0.1, 0.15) is 149 Å². The van der Waals surface area contributed by atoms with Crippen molar-refractivity contribution in [3.8, 4) is 0 Å². The van der Waals surface area contributed by atoms with Crippen molar-refractivity contribution < 1.29 is 63.1 Å². The third-order valence-corrected chi connectivity index (χ3v) is 11.2. The number of carbonyl (C=O) groups excluding carboxylic acids is 2. The summed E-state index contributed by atoms with van der Waals surface area (Å²) in [6, 6.07) is 0. The van der Waals surface area contributed by atoms with Crippen LogP contribution in [0.5, 0.6) is 0 Å². The maximum atomic E-state index is 12.7. The normalized spacial score (nSPS) is 21.1. The number of rotatable bonds is 37. The fraction of sp³-hybridized carbons (Fsp3) is 0.739. The minimum atomic E-state index is -4.70. The zero-order valence-electron chi connectivity index (χ0n) is 36.5. The van der Waals surface area contributed by atoms with Crippen molar-refractivity contribution in [3.05, 3.63) is 60.8 Å². The third kappa shape index (κ3) is 29.7. The zero-order valence-corrected chi connectivity index (χ0v) is 37.4. The van der Waals surface area contributed by atoms with Crippen LogP contribution in [0.15, 0.2) is 60.8 Å². The van der Waals surface area contributed by atoms with Crippen LogP contribution < -0.4 is 0 Å². The molecule has 346 valence electrons. The molecule has 1 aliphatic carbocycles. The third-order valence-electron chi connectivity index (χ3n) is 10.2. The Labute approximate surface area is 360 Å². The summed E-state index contributed by atoms with van der Waals surface area (Å²) >= 11 is 0.